The quantitative estimate of drug-likeness (QED) is 0.877. The summed E-state index contributed by atoms with van der Waals surface area (Å²) in [4.78, 5) is 0.726. The fourth-order valence-electron chi connectivity index (χ4n) is 1.43. The van der Waals surface area contributed by atoms with Crippen LogP contribution in [0.3, 0.4) is 0 Å². The van der Waals surface area contributed by atoms with E-state index in [9.17, 15) is 9.50 Å². The van der Waals surface area contributed by atoms with E-state index in [1.165, 1.54) is 11.3 Å². The van der Waals surface area contributed by atoms with Gasteiger partial charge in [-0.15, -0.1) is 11.3 Å². The molecule has 0 aliphatic heterocycles. The maximum absolute atomic E-state index is 13.0. The van der Waals surface area contributed by atoms with Crippen LogP contribution in [0.1, 0.15) is 24.3 Å². The van der Waals surface area contributed by atoms with Gasteiger partial charge in [0, 0.05) is 10.3 Å². The van der Waals surface area contributed by atoms with E-state index in [1.54, 1.807) is 13.0 Å². The third-order valence-electron chi connectivity index (χ3n) is 2.73. The molecule has 14 heavy (non-hydrogen) atoms. The zero-order valence-electron chi connectivity index (χ0n) is 7.43. The molecule has 1 aliphatic carbocycles. The van der Waals surface area contributed by atoms with Crippen LogP contribution in [-0.2, 0) is 0 Å². The Kier molecular flexibility index (Phi) is 2.67. The van der Waals surface area contributed by atoms with Crippen molar-refractivity contribution in [1.29, 1.82) is 0 Å². The summed E-state index contributed by atoms with van der Waals surface area (Å²) in [5, 5.41) is 10.5. The second-order valence-electron chi connectivity index (χ2n) is 3.85. The summed E-state index contributed by atoms with van der Waals surface area (Å²) in [5.74, 6) is 0. The second kappa shape index (κ2) is 3.44. The summed E-state index contributed by atoms with van der Waals surface area (Å²) >= 11 is 10.5. The molecule has 1 saturated carbocycles. The van der Waals surface area contributed by atoms with E-state index >= 15 is 0 Å². The Hall–Kier alpha value is 0.360. The zero-order valence-corrected chi connectivity index (χ0v) is 10.6. The summed E-state index contributed by atoms with van der Waals surface area (Å²) in [7, 11) is 0. The van der Waals surface area contributed by atoms with Gasteiger partial charge in [-0.1, -0.05) is 18.5 Å². The van der Waals surface area contributed by atoms with Crippen molar-refractivity contribution in [2.75, 3.05) is 0 Å². The fraction of sp³-hybridized carbons (Fsp3) is 0.556. The number of rotatable bonds is 2. The number of halogens is 3. The predicted octanol–water partition coefficient (Wildman–Crippen LogP) is 3.95. The highest BCUT2D eigenvalue weighted by atomic mass is 79.9. The molecule has 1 fully saturated rings. The predicted molar refractivity (Wildman–Crippen MR) is 59.6 cm³/mol. The van der Waals surface area contributed by atoms with Crippen molar-refractivity contribution in [3.63, 3.8) is 0 Å². The molecule has 1 aromatic rings. The normalized spacial score (nSPS) is 33.1. The first-order chi connectivity index (χ1) is 6.45. The van der Waals surface area contributed by atoms with E-state index in [1.807, 2.05) is 0 Å². The van der Waals surface area contributed by atoms with Crippen molar-refractivity contribution in [3.8, 4) is 0 Å². The van der Waals surface area contributed by atoms with E-state index in [4.69, 9.17) is 11.6 Å². The Morgan fingerprint density at radius 2 is 2.43 bits per heavy atom. The molecular formula is C9H9BrClFOS. The van der Waals surface area contributed by atoms with E-state index in [-0.39, 0.29) is 0 Å². The van der Waals surface area contributed by atoms with E-state index in [0.29, 0.717) is 11.4 Å². The molecule has 3 atom stereocenters. The van der Waals surface area contributed by atoms with Crippen molar-refractivity contribution in [2.24, 2.45) is 5.41 Å². The van der Waals surface area contributed by atoms with Crippen LogP contribution in [0, 0.1) is 5.41 Å². The first kappa shape index (κ1) is 10.9. The van der Waals surface area contributed by atoms with E-state index < -0.39 is 17.7 Å². The second-order valence-corrected chi connectivity index (χ2v) is 6.66. The highest BCUT2D eigenvalue weighted by Gasteiger charge is 2.57. The summed E-state index contributed by atoms with van der Waals surface area (Å²) in [5.41, 5.74) is -0.604. The average molecular weight is 300 g/mol. The van der Waals surface area contributed by atoms with Crippen LogP contribution in [0.2, 0.25) is 5.02 Å². The fourth-order valence-corrected chi connectivity index (χ4v) is 3.33. The Balaban J connectivity index is 2.24. The highest BCUT2D eigenvalue weighted by molar-refractivity contribution is 9.11. The molecule has 0 saturated heterocycles. The first-order valence-corrected chi connectivity index (χ1v) is 6.21. The minimum absolute atomic E-state index is 0.432. The molecule has 0 amide bonds. The lowest BCUT2D eigenvalue weighted by molar-refractivity contribution is 0.0906. The van der Waals surface area contributed by atoms with Gasteiger partial charge in [-0.25, -0.2) is 4.39 Å². The Labute approximate surface area is 99.0 Å². The smallest absolute Gasteiger partial charge is 0.109 e. The van der Waals surface area contributed by atoms with Gasteiger partial charge in [0.15, 0.2) is 0 Å². The van der Waals surface area contributed by atoms with Gasteiger partial charge in [0.25, 0.3) is 0 Å². The number of hydrogen-bond acceptors (Lipinski definition) is 2. The molecule has 2 rings (SSSR count). The molecule has 0 bridgehead atoms. The number of aliphatic hydroxyl groups excluding tert-OH is 1. The third-order valence-corrected chi connectivity index (χ3v) is 5.26. The van der Waals surface area contributed by atoms with Gasteiger partial charge in [0.05, 0.1) is 14.9 Å². The largest absolute Gasteiger partial charge is 0.387 e. The molecule has 1 nitrogen and oxygen atoms in total. The lowest BCUT2D eigenvalue weighted by Crippen LogP contribution is -2.11. The maximum Gasteiger partial charge on any atom is 0.109 e. The van der Waals surface area contributed by atoms with Crippen LogP contribution in [0.25, 0.3) is 0 Å². The summed E-state index contributed by atoms with van der Waals surface area (Å²) in [6.45, 7) is 1.75. The van der Waals surface area contributed by atoms with Gasteiger partial charge >= 0.3 is 0 Å². The van der Waals surface area contributed by atoms with Crippen LogP contribution in [-0.4, -0.2) is 11.3 Å². The van der Waals surface area contributed by atoms with Crippen molar-refractivity contribution >= 4 is 38.9 Å². The highest BCUT2D eigenvalue weighted by Crippen LogP contribution is 2.58. The maximum atomic E-state index is 13.0. The summed E-state index contributed by atoms with van der Waals surface area (Å²) in [6, 6.07) is 1.69. The minimum atomic E-state index is -0.892. The van der Waals surface area contributed by atoms with Gasteiger partial charge in [0.1, 0.15) is 6.17 Å². The van der Waals surface area contributed by atoms with Crippen LogP contribution in [0.4, 0.5) is 4.39 Å². The number of aliphatic hydroxyl groups is 1. The van der Waals surface area contributed by atoms with Crippen molar-refractivity contribution in [3.05, 3.63) is 19.8 Å². The van der Waals surface area contributed by atoms with Gasteiger partial charge < -0.3 is 5.11 Å². The lowest BCUT2D eigenvalue weighted by Gasteiger charge is -2.15. The van der Waals surface area contributed by atoms with Crippen molar-refractivity contribution < 1.29 is 9.50 Å². The molecule has 1 aliphatic rings. The molecule has 1 heterocycles. The summed E-state index contributed by atoms with van der Waals surface area (Å²) < 4.78 is 13.8. The molecule has 78 valence electrons. The van der Waals surface area contributed by atoms with Gasteiger partial charge in [-0.2, -0.15) is 0 Å². The molecule has 0 aromatic carbocycles. The van der Waals surface area contributed by atoms with Crippen LogP contribution in [0.5, 0.6) is 0 Å². The van der Waals surface area contributed by atoms with Crippen LogP contribution >= 0.6 is 38.9 Å². The van der Waals surface area contributed by atoms with Crippen molar-refractivity contribution in [1.82, 2.24) is 0 Å². The zero-order chi connectivity index (χ0) is 10.5. The molecule has 0 spiro atoms. The SMILES string of the molecule is CC1(C(O)c2cc(Cl)c(Br)s2)CC1F. The van der Waals surface area contributed by atoms with E-state index in [0.717, 1.165) is 8.66 Å². The van der Waals surface area contributed by atoms with Gasteiger partial charge in [-0.3, -0.25) is 0 Å². The standard InChI is InChI=1S/C9H9BrClFOS/c1-9(3-6(9)12)7(13)5-2-4(11)8(10)14-5/h2,6-7,13H,3H2,1H3. The summed E-state index contributed by atoms with van der Waals surface area (Å²) in [6.07, 6.45) is -1.20. The minimum Gasteiger partial charge on any atom is -0.387 e. The van der Waals surface area contributed by atoms with Crippen LogP contribution < -0.4 is 0 Å². The number of thiophene rings is 1. The van der Waals surface area contributed by atoms with Gasteiger partial charge in [-0.05, 0) is 28.4 Å². The third kappa shape index (κ3) is 1.62. The van der Waals surface area contributed by atoms with E-state index in [2.05, 4.69) is 15.9 Å². The Bertz CT molecular complexity index is 350. The lowest BCUT2D eigenvalue weighted by atomic mass is 10.0. The Morgan fingerprint density at radius 3 is 2.79 bits per heavy atom. The van der Waals surface area contributed by atoms with Gasteiger partial charge in [0.2, 0.25) is 0 Å². The molecular weight excluding hydrogens is 291 g/mol. The molecule has 1 aromatic heterocycles. The molecule has 1 N–H and O–H groups in total. The number of hydrogen-bond donors (Lipinski definition) is 1. The van der Waals surface area contributed by atoms with Crippen LogP contribution in [0.15, 0.2) is 9.85 Å². The van der Waals surface area contributed by atoms with Crippen molar-refractivity contribution in [2.45, 2.75) is 25.6 Å². The molecule has 5 heteroatoms. The molecule has 0 radical (unpaired) electrons. The average Bonchev–Trinajstić information content (AvgIpc) is 2.58. The first-order valence-electron chi connectivity index (χ1n) is 4.22. The number of alkyl halides is 1. The topological polar surface area (TPSA) is 20.2 Å². The monoisotopic (exact) mass is 298 g/mol. The Morgan fingerprint density at radius 1 is 1.86 bits per heavy atom. The molecule has 3 unspecified atom stereocenters.